The highest BCUT2D eigenvalue weighted by atomic mass is 32.1. The minimum atomic E-state index is -0.498. The van der Waals surface area contributed by atoms with Crippen LogP contribution in [0, 0.1) is 0 Å². The van der Waals surface area contributed by atoms with Crippen molar-refractivity contribution in [3.63, 3.8) is 0 Å². The first kappa shape index (κ1) is 21.7. The van der Waals surface area contributed by atoms with Gasteiger partial charge in [-0.25, -0.2) is 4.79 Å². The molecule has 0 spiro atoms. The summed E-state index contributed by atoms with van der Waals surface area (Å²) in [5.41, 5.74) is 5.27. The Labute approximate surface area is 186 Å². The first-order chi connectivity index (χ1) is 15.1. The molecule has 6 nitrogen and oxygen atoms in total. The van der Waals surface area contributed by atoms with E-state index >= 15 is 0 Å². The van der Waals surface area contributed by atoms with Crippen molar-refractivity contribution in [3.05, 3.63) is 96.1 Å². The summed E-state index contributed by atoms with van der Waals surface area (Å²) in [4.78, 5) is 12.1. The average Bonchev–Trinajstić information content (AvgIpc) is 2.80. The van der Waals surface area contributed by atoms with E-state index in [1.165, 1.54) is 13.2 Å². The van der Waals surface area contributed by atoms with Crippen LogP contribution >= 0.6 is 12.2 Å². The molecule has 0 radical (unpaired) electrons. The number of methoxy groups -OCH3 is 1. The number of rotatable bonds is 7. The van der Waals surface area contributed by atoms with Gasteiger partial charge in [0.25, 0.3) is 0 Å². The lowest BCUT2D eigenvalue weighted by atomic mass is 10.2. The van der Waals surface area contributed by atoms with Crippen LogP contribution in [-0.4, -0.2) is 24.4 Å². The molecule has 0 saturated heterocycles. The van der Waals surface area contributed by atoms with Crippen LogP contribution < -0.4 is 20.2 Å². The molecule has 0 bridgehead atoms. The third-order valence-electron chi connectivity index (χ3n) is 4.02. The van der Waals surface area contributed by atoms with Crippen molar-refractivity contribution in [2.45, 2.75) is 0 Å². The Balaban J connectivity index is 1.57. The van der Waals surface area contributed by atoms with E-state index in [0.29, 0.717) is 16.6 Å². The predicted molar refractivity (Wildman–Crippen MR) is 127 cm³/mol. The highest BCUT2D eigenvalue weighted by Crippen LogP contribution is 2.27. The van der Waals surface area contributed by atoms with Gasteiger partial charge in [-0.2, -0.15) is 5.10 Å². The predicted octanol–water partition coefficient (Wildman–Crippen LogP) is 4.63. The Morgan fingerprint density at radius 1 is 0.935 bits per heavy atom. The van der Waals surface area contributed by atoms with Crippen molar-refractivity contribution in [2.75, 3.05) is 12.4 Å². The van der Waals surface area contributed by atoms with Crippen LogP contribution in [0.4, 0.5) is 5.69 Å². The summed E-state index contributed by atoms with van der Waals surface area (Å²) >= 11 is 5.20. The van der Waals surface area contributed by atoms with Crippen molar-refractivity contribution in [3.8, 4) is 11.5 Å². The largest absolute Gasteiger partial charge is 0.493 e. The van der Waals surface area contributed by atoms with Gasteiger partial charge in [0.05, 0.1) is 13.3 Å². The number of carbonyl (C=O) groups is 1. The molecule has 7 heteroatoms. The maximum atomic E-state index is 12.1. The Kier molecular flexibility index (Phi) is 7.90. The molecule has 3 rings (SSSR count). The van der Waals surface area contributed by atoms with E-state index in [0.717, 1.165) is 16.8 Å². The molecular formula is C24H21N3O3S. The van der Waals surface area contributed by atoms with Crippen LogP contribution in [0.5, 0.6) is 11.5 Å². The average molecular weight is 432 g/mol. The number of ether oxygens (including phenoxy) is 2. The van der Waals surface area contributed by atoms with Gasteiger partial charge in [0.15, 0.2) is 16.6 Å². The van der Waals surface area contributed by atoms with Crippen LogP contribution in [0.15, 0.2) is 90.0 Å². The van der Waals surface area contributed by atoms with Crippen LogP contribution in [0.1, 0.15) is 11.1 Å². The molecule has 0 aliphatic carbocycles. The number of hydrogen-bond donors (Lipinski definition) is 2. The SMILES string of the molecule is COc1cc(/C=N\NC(=S)Nc2ccccc2)ccc1OC(=O)/C=C/c1ccccc1. The summed E-state index contributed by atoms with van der Waals surface area (Å²) in [6, 6.07) is 24.2. The van der Waals surface area contributed by atoms with Gasteiger partial charge in [0, 0.05) is 11.8 Å². The number of carbonyl (C=O) groups excluding carboxylic acids is 1. The summed E-state index contributed by atoms with van der Waals surface area (Å²) < 4.78 is 10.7. The topological polar surface area (TPSA) is 71.9 Å². The van der Waals surface area contributed by atoms with E-state index in [4.69, 9.17) is 21.7 Å². The van der Waals surface area contributed by atoms with Crippen molar-refractivity contribution in [2.24, 2.45) is 5.10 Å². The number of hydrogen-bond acceptors (Lipinski definition) is 5. The zero-order valence-corrected chi connectivity index (χ0v) is 17.6. The van der Waals surface area contributed by atoms with Crippen LogP contribution in [0.25, 0.3) is 6.08 Å². The summed E-state index contributed by atoms with van der Waals surface area (Å²) in [7, 11) is 1.50. The van der Waals surface area contributed by atoms with Crippen LogP contribution in [0.3, 0.4) is 0 Å². The fourth-order valence-electron chi connectivity index (χ4n) is 2.57. The van der Waals surface area contributed by atoms with Crippen molar-refractivity contribution >= 4 is 41.3 Å². The standard InChI is InChI=1S/C24H21N3O3S/c1-29-22-16-19(17-25-27-24(31)26-20-10-6-3-7-11-20)12-14-21(22)30-23(28)15-13-18-8-4-2-5-9-18/h2-17H,1H3,(H2,26,27,31)/b15-13+,25-17-. The molecule has 0 saturated carbocycles. The molecule has 156 valence electrons. The van der Waals surface area contributed by atoms with Gasteiger partial charge in [-0.3, -0.25) is 5.43 Å². The molecular weight excluding hydrogens is 410 g/mol. The van der Waals surface area contributed by atoms with Gasteiger partial charge in [0.2, 0.25) is 0 Å². The molecule has 3 aromatic carbocycles. The third-order valence-corrected chi connectivity index (χ3v) is 4.21. The summed E-state index contributed by atoms with van der Waals surface area (Å²) in [6.45, 7) is 0. The number of para-hydroxylation sites is 1. The number of nitrogens with one attached hydrogen (secondary N) is 2. The van der Waals surface area contributed by atoms with Gasteiger partial charge < -0.3 is 14.8 Å². The van der Waals surface area contributed by atoms with E-state index in [1.54, 1.807) is 30.5 Å². The maximum Gasteiger partial charge on any atom is 0.336 e. The monoisotopic (exact) mass is 431 g/mol. The van der Waals surface area contributed by atoms with E-state index in [-0.39, 0.29) is 0 Å². The first-order valence-corrected chi connectivity index (χ1v) is 9.83. The molecule has 0 amide bonds. The van der Waals surface area contributed by atoms with Gasteiger partial charge in [-0.05, 0) is 59.8 Å². The second-order valence-electron chi connectivity index (χ2n) is 6.27. The lowest BCUT2D eigenvalue weighted by Crippen LogP contribution is -2.23. The molecule has 2 N–H and O–H groups in total. The lowest BCUT2D eigenvalue weighted by Gasteiger charge is -2.09. The zero-order valence-electron chi connectivity index (χ0n) is 16.8. The van der Waals surface area contributed by atoms with Crippen molar-refractivity contribution < 1.29 is 14.3 Å². The Morgan fingerprint density at radius 3 is 2.35 bits per heavy atom. The number of thiocarbonyl (C=S) groups is 1. The molecule has 0 fully saturated rings. The normalized spacial score (nSPS) is 10.7. The molecule has 0 unspecified atom stereocenters. The molecule has 3 aromatic rings. The number of esters is 1. The van der Waals surface area contributed by atoms with Crippen molar-refractivity contribution in [1.82, 2.24) is 5.43 Å². The zero-order chi connectivity index (χ0) is 21.9. The maximum absolute atomic E-state index is 12.1. The van der Waals surface area contributed by atoms with Gasteiger partial charge in [-0.15, -0.1) is 0 Å². The third kappa shape index (κ3) is 7.09. The molecule has 0 heterocycles. The Bertz CT molecular complexity index is 1080. The van der Waals surface area contributed by atoms with Gasteiger partial charge >= 0.3 is 5.97 Å². The quantitative estimate of drug-likeness (QED) is 0.142. The number of nitrogens with zero attached hydrogens (tertiary/aromatic N) is 1. The van der Waals surface area contributed by atoms with E-state index in [9.17, 15) is 4.79 Å². The molecule has 31 heavy (non-hydrogen) atoms. The van der Waals surface area contributed by atoms with Crippen molar-refractivity contribution in [1.29, 1.82) is 0 Å². The number of anilines is 1. The van der Waals surface area contributed by atoms with E-state index in [1.807, 2.05) is 60.7 Å². The highest BCUT2D eigenvalue weighted by Gasteiger charge is 2.08. The number of benzene rings is 3. The van der Waals surface area contributed by atoms with Crippen LogP contribution in [0.2, 0.25) is 0 Å². The van der Waals surface area contributed by atoms with Gasteiger partial charge in [-0.1, -0.05) is 48.5 Å². The van der Waals surface area contributed by atoms with Gasteiger partial charge in [0.1, 0.15) is 0 Å². The fourth-order valence-corrected chi connectivity index (χ4v) is 2.74. The van der Waals surface area contributed by atoms with E-state index in [2.05, 4.69) is 15.8 Å². The summed E-state index contributed by atoms with van der Waals surface area (Å²) in [6.07, 6.45) is 4.64. The molecule has 0 aliphatic rings. The van der Waals surface area contributed by atoms with Crippen LogP contribution in [-0.2, 0) is 4.79 Å². The lowest BCUT2D eigenvalue weighted by molar-refractivity contribution is -0.129. The smallest absolute Gasteiger partial charge is 0.336 e. The second kappa shape index (κ2) is 11.3. The number of hydrazone groups is 1. The first-order valence-electron chi connectivity index (χ1n) is 9.42. The Morgan fingerprint density at radius 2 is 1.65 bits per heavy atom. The fraction of sp³-hybridized carbons (Fsp3) is 0.0417. The Hall–Kier alpha value is -3.97. The minimum absolute atomic E-state index is 0.316. The second-order valence-corrected chi connectivity index (χ2v) is 6.67. The van der Waals surface area contributed by atoms with E-state index < -0.39 is 5.97 Å². The molecule has 0 atom stereocenters. The minimum Gasteiger partial charge on any atom is -0.493 e. The molecule has 0 aliphatic heterocycles. The summed E-state index contributed by atoms with van der Waals surface area (Å²) in [5.74, 6) is 0.231. The molecule has 0 aromatic heterocycles. The summed E-state index contributed by atoms with van der Waals surface area (Å²) in [5, 5.41) is 7.50. The highest BCUT2D eigenvalue weighted by molar-refractivity contribution is 7.80.